The molecule has 4 heteroatoms. The second kappa shape index (κ2) is 7.88. The van der Waals surface area contributed by atoms with E-state index in [0.717, 1.165) is 17.4 Å². The fourth-order valence-electron chi connectivity index (χ4n) is 2.69. The van der Waals surface area contributed by atoms with E-state index in [0.29, 0.717) is 5.75 Å². The lowest BCUT2D eigenvalue weighted by Crippen LogP contribution is -2.38. The zero-order valence-corrected chi connectivity index (χ0v) is 12.2. The monoisotopic (exact) mass is 280 g/mol. The van der Waals surface area contributed by atoms with Gasteiger partial charge >= 0.3 is 0 Å². The van der Waals surface area contributed by atoms with Crippen LogP contribution >= 0.6 is 11.8 Å². The summed E-state index contributed by atoms with van der Waals surface area (Å²) in [5.74, 6) is 1.35. The maximum absolute atomic E-state index is 10.1. The predicted octanol–water partition coefficient (Wildman–Crippen LogP) is 2.83. The summed E-state index contributed by atoms with van der Waals surface area (Å²) in [6, 6.07) is 5.72. The number of aliphatic hydroxyl groups excluding tert-OH is 1. The number of aromatic nitrogens is 1. The number of nitrogens with two attached hydrogens (primary N) is 1. The number of rotatable bonds is 6. The van der Waals surface area contributed by atoms with Crippen LogP contribution in [-0.2, 0) is 0 Å². The molecule has 1 heterocycles. The molecule has 106 valence electrons. The third-order valence-electron chi connectivity index (χ3n) is 3.86. The molecule has 0 amide bonds. The van der Waals surface area contributed by atoms with Crippen LogP contribution in [-0.4, -0.2) is 28.0 Å². The Morgan fingerprint density at radius 3 is 2.79 bits per heavy atom. The number of pyridine rings is 1. The van der Waals surface area contributed by atoms with Crippen molar-refractivity contribution >= 4 is 11.8 Å². The van der Waals surface area contributed by atoms with Gasteiger partial charge in [-0.1, -0.05) is 38.2 Å². The molecule has 1 aromatic rings. The van der Waals surface area contributed by atoms with Crippen LogP contribution < -0.4 is 5.73 Å². The number of nitrogens with zero attached hydrogens (tertiary/aromatic N) is 1. The molecule has 19 heavy (non-hydrogen) atoms. The van der Waals surface area contributed by atoms with E-state index in [4.69, 9.17) is 5.73 Å². The summed E-state index contributed by atoms with van der Waals surface area (Å²) >= 11 is 1.58. The van der Waals surface area contributed by atoms with Crippen LogP contribution in [0.2, 0.25) is 0 Å². The lowest BCUT2D eigenvalue weighted by Gasteiger charge is -2.26. The maximum Gasteiger partial charge on any atom is 0.0960 e. The van der Waals surface area contributed by atoms with E-state index >= 15 is 0 Å². The van der Waals surface area contributed by atoms with Gasteiger partial charge in [0.15, 0.2) is 0 Å². The van der Waals surface area contributed by atoms with Gasteiger partial charge in [0.2, 0.25) is 0 Å². The van der Waals surface area contributed by atoms with Crippen LogP contribution in [0.5, 0.6) is 0 Å². The normalized spacial score (nSPS) is 20.1. The lowest BCUT2D eigenvalue weighted by atomic mass is 9.84. The first kappa shape index (κ1) is 14.8. The summed E-state index contributed by atoms with van der Waals surface area (Å²) in [5.41, 5.74) is 6.13. The second-order valence-electron chi connectivity index (χ2n) is 5.45. The number of hydrogen-bond acceptors (Lipinski definition) is 4. The van der Waals surface area contributed by atoms with Gasteiger partial charge in [-0.3, -0.25) is 0 Å². The summed E-state index contributed by atoms with van der Waals surface area (Å²) in [6.45, 7) is 0. The average Bonchev–Trinajstić information content (AvgIpc) is 2.47. The zero-order chi connectivity index (χ0) is 13.5. The molecule has 2 rings (SSSR count). The van der Waals surface area contributed by atoms with Crippen LogP contribution in [0.3, 0.4) is 0 Å². The van der Waals surface area contributed by atoms with Gasteiger partial charge in [-0.15, -0.1) is 11.8 Å². The van der Waals surface area contributed by atoms with E-state index in [2.05, 4.69) is 4.98 Å². The highest BCUT2D eigenvalue weighted by molar-refractivity contribution is 7.99. The molecule has 3 N–H and O–H groups in total. The van der Waals surface area contributed by atoms with Gasteiger partial charge in [0, 0.05) is 18.0 Å². The SMILES string of the molecule is N[C@@H](CC1CCCCC1)[C@H](O)CSc1ccccn1. The Balaban J connectivity index is 1.71. The van der Waals surface area contributed by atoms with Crippen molar-refractivity contribution in [3.63, 3.8) is 0 Å². The Hall–Kier alpha value is -0.580. The summed E-state index contributed by atoms with van der Waals surface area (Å²) in [4.78, 5) is 4.24. The Bertz CT molecular complexity index is 354. The van der Waals surface area contributed by atoms with Crippen LogP contribution in [0.1, 0.15) is 38.5 Å². The van der Waals surface area contributed by atoms with Gasteiger partial charge in [-0.05, 0) is 24.5 Å². The summed E-state index contributed by atoms with van der Waals surface area (Å²) in [6.07, 6.45) is 8.90. The second-order valence-corrected chi connectivity index (χ2v) is 6.49. The van der Waals surface area contributed by atoms with Gasteiger partial charge in [-0.2, -0.15) is 0 Å². The molecule has 0 radical (unpaired) electrons. The van der Waals surface area contributed by atoms with E-state index in [1.54, 1.807) is 18.0 Å². The Labute approximate surface area is 120 Å². The van der Waals surface area contributed by atoms with E-state index in [9.17, 15) is 5.11 Å². The molecule has 0 bridgehead atoms. The van der Waals surface area contributed by atoms with Crippen molar-refractivity contribution in [2.75, 3.05) is 5.75 Å². The highest BCUT2D eigenvalue weighted by Crippen LogP contribution is 2.28. The summed E-state index contributed by atoms with van der Waals surface area (Å²) < 4.78 is 0. The Kier molecular flexibility index (Phi) is 6.14. The smallest absolute Gasteiger partial charge is 0.0960 e. The third-order valence-corrected chi connectivity index (χ3v) is 4.91. The van der Waals surface area contributed by atoms with Crippen LogP contribution in [0.25, 0.3) is 0 Å². The summed E-state index contributed by atoms with van der Waals surface area (Å²) in [5, 5.41) is 11.1. The van der Waals surface area contributed by atoms with Crippen molar-refractivity contribution in [3.8, 4) is 0 Å². The molecule has 0 saturated heterocycles. The van der Waals surface area contributed by atoms with Gasteiger partial charge in [0.05, 0.1) is 11.1 Å². The molecule has 0 spiro atoms. The molecule has 1 fully saturated rings. The van der Waals surface area contributed by atoms with Crippen molar-refractivity contribution in [2.24, 2.45) is 11.7 Å². The highest BCUT2D eigenvalue weighted by Gasteiger charge is 2.21. The number of thioether (sulfide) groups is 1. The largest absolute Gasteiger partial charge is 0.391 e. The molecule has 0 aromatic carbocycles. The van der Waals surface area contributed by atoms with Crippen LogP contribution in [0, 0.1) is 5.92 Å². The minimum absolute atomic E-state index is 0.0979. The molecular weight excluding hydrogens is 256 g/mol. The van der Waals surface area contributed by atoms with E-state index < -0.39 is 6.10 Å². The number of hydrogen-bond donors (Lipinski definition) is 2. The first-order chi connectivity index (χ1) is 9.25. The van der Waals surface area contributed by atoms with Crippen molar-refractivity contribution in [1.82, 2.24) is 4.98 Å². The molecule has 0 aliphatic heterocycles. The van der Waals surface area contributed by atoms with E-state index in [1.165, 1.54) is 32.1 Å². The molecule has 2 atom stereocenters. The minimum atomic E-state index is -0.436. The van der Waals surface area contributed by atoms with E-state index in [-0.39, 0.29) is 6.04 Å². The molecule has 3 nitrogen and oxygen atoms in total. The highest BCUT2D eigenvalue weighted by atomic mass is 32.2. The van der Waals surface area contributed by atoms with Gasteiger partial charge in [0.25, 0.3) is 0 Å². The first-order valence-electron chi connectivity index (χ1n) is 7.23. The fraction of sp³-hybridized carbons (Fsp3) is 0.667. The quantitative estimate of drug-likeness (QED) is 0.787. The lowest BCUT2D eigenvalue weighted by molar-refractivity contribution is 0.147. The minimum Gasteiger partial charge on any atom is -0.391 e. The van der Waals surface area contributed by atoms with Crippen molar-refractivity contribution < 1.29 is 5.11 Å². The Morgan fingerprint density at radius 2 is 2.11 bits per heavy atom. The molecule has 1 saturated carbocycles. The van der Waals surface area contributed by atoms with E-state index in [1.807, 2.05) is 18.2 Å². The topological polar surface area (TPSA) is 59.1 Å². The summed E-state index contributed by atoms with van der Waals surface area (Å²) in [7, 11) is 0. The molecule has 1 aliphatic rings. The molecule has 1 aromatic heterocycles. The molecule has 0 unspecified atom stereocenters. The fourth-order valence-corrected chi connectivity index (χ4v) is 3.59. The van der Waals surface area contributed by atoms with Crippen molar-refractivity contribution in [3.05, 3.63) is 24.4 Å². The van der Waals surface area contributed by atoms with Crippen LogP contribution in [0.15, 0.2) is 29.4 Å². The van der Waals surface area contributed by atoms with Gasteiger partial charge in [-0.25, -0.2) is 4.98 Å². The van der Waals surface area contributed by atoms with Gasteiger partial charge < -0.3 is 10.8 Å². The van der Waals surface area contributed by atoms with Gasteiger partial charge in [0.1, 0.15) is 0 Å². The predicted molar refractivity (Wildman–Crippen MR) is 80.1 cm³/mol. The standard InChI is InChI=1S/C15H24N2OS/c16-13(10-12-6-2-1-3-7-12)14(18)11-19-15-8-4-5-9-17-15/h4-5,8-9,12-14,18H,1-3,6-7,10-11,16H2/t13-,14+/m0/s1. The Morgan fingerprint density at radius 1 is 1.32 bits per heavy atom. The molecular formula is C15H24N2OS. The molecule has 1 aliphatic carbocycles. The average molecular weight is 280 g/mol. The zero-order valence-electron chi connectivity index (χ0n) is 11.4. The maximum atomic E-state index is 10.1. The van der Waals surface area contributed by atoms with Crippen molar-refractivity contribution in [2.45, 2.75) is 55.7 Å². The van der Waals surface area contributed by atoms with Crippen molar-refractivity contribution in [1.29, 1.82) is 0 Å². The van der Waals surface area contributed by atoms with Crippen LogP contribution in [0.4, 0.5) is 0 Å². The number of aliphatic hydroxyl groups is 1. The third kappa shape index (κ3) is 5.13. The first-order valence-corrected chi connectivity index (χ1v) is 8.21.